The zero-order valence-electron chi connectivity index (χ0n) is 16.0. The Morgan fingerprint density at radius 2 is 1.57 bits per heavy atom. The Labute approximate surface area is 183 Å². The average molecular weight is 466 g/mol. The molecule has 3 aromatic rings. The fourth-order valence-electron chi connectivity index (χ4n) is 2.50. The van der Waals surface area contributed by atoms with Gasteiger partial charge in [-0.2, -0.15) is 5.10 Å². The molecule has 152 valence electrons. The Balaban J connectivity index is 1.43. The van der Waals surface area contributed by atoms with Crippen LogP contribution >= 0.6 is 15.9 Å². The molecule has 2 amide bonds. The van der Waals surface area contributed by atoms with Gasteiger partial charge in [0.1, 0.15) is 11.5 Å². The topological polar surface area (TPSA) is 79.8 Å². The quantitative estimate of drug-likeness (QED) is 0.358. The van der Waals surface area contributed by atoms with Gasteiger partial charge in [0.05, 0.1) is 6.21 Å². The fraction of sp³-hybridized carbons (Fsp3) is 0.0870. The molecule has 6 nitrogen and oxygen atoms in total. The summed E-state index contributed by atoms with van der Waals surface area (Å²) in [6, 6.07) is 24.0. The molecule has 0 bridgehead atoms. The van der Waals surface area contributed by atoms with Gasteiger partial charge >= 0.3 is 0 Å². The lowest BCUT2D eigenvalue weighted by Crippen LogP contribution is -2.20. The maximum atomic E-state index is 11.9. The van der Waals surface area contributed by atoms with E-state index < -0.39 is 0 Å². The molecular weight excluding hydrogens is 446 g/mol. The van der Waals surface area contributed by atoms with Crippen molar-refractivity contribution in [2.24, 2.45) is 5.10 Å². The highest BCUT2D eigenvalue weighted by molar-refractivity contribution is 9.10. The van der Waals surface area contributed by atoms with Crippen LogP contribution in [0.2, 0.25) is 0 Å². The van der Waals surface area contributed by atoms with Crippen LogP contribution in [0.25, 0.3) is 0 Å². The van der Waals surface area contributed by atoms with E-state index in [1.54, 1.807) is 12.1 Å². The third-order valence-corrected chi connectivity index (χ3v) is 4.48. The smallest absolute Gasteiger partial charge is 0.240 e. The van der Waals surface area contributed by atoms with Crippen molar-refractivity contribution in [1.29, 1.82) is 0 Å². The largest absolute Gasteiger partial charge is 0.457 e. The van der Waals surface area contributed by atoms with E-state index in [4.69, 9.17) is 4.74 Å². The van der Waals surface area contributed by atoms with Crippen LogP contribution in [0.1, 0.15) is 18.4 Å². The van der Waals surface area contributed by atoms with E-state index in [2.05, 4.69) is 31.8 Å². The highest BCUT2D eigenvalue weighted by Crippen LogP contribution is 2.21. The molecule has 0 atom stereocenters. The zero-order valence-corrected chi connectivity index (χ0v) is 17.6. The van der Waals surface area contributed by atoms with Gasteiger partial charge in [0, 0.05) is 23.0 Å². The molecule has 30 heavy (non-hydrogen) atoms. The number of hydrogen-bond acceptors (Lipinski definition) is 4. The van der Waals surface area contributed by atoms with E-state index in [1.807, 2.05) is 66.7 Å². The predicted molar refractivity (Wildman–Crippen MR) is 121 cm³/mol. The van der Waals surface area contributed by atoms with Gasteiger partial charge in [0.15, 0.2) is 0 Å². The Morgan fingerprint density at radius 3 is 2.33 bits per heavy atom. The maximum absolute atomic E-state index is 11.9. The molecule has 7 heteroatoms. The third kappa shape index (κ3) is 7.18. The second-order valence-electron chi connectivity index (χ2n) is 6.34. The first-order valence-corrected chi connectivity index (χ1v) is 10.1. The number of halogens is 1. The highest BCUT2D eigenvalue weighted by atomic mass is 79.9. The van der Waals surface area contributed by atoms with Crippen molar-refractivity contribution in [3.8, 4) is 11.5 Å². The summed E-state index contributed by atoms with van der Waals surface area (Å²) in [6.45, 7) is 0. The van der Waals surface area contributed by atoms with E-state index >= 15 is 0 Å². The summed E-state index contributed by atoms with van der Waals surface area (Å²) in [5.74, 6) is 0.832. The van der Waals surface area contributed by atoms with Crippen LogP contribution in [0.3, 0.4) is 0 Å². The van der Waals surface area contributed by atoms with Gasteiger partial charge < -0.3 is 10.1 Å². The molecule has 0 unspecified atom stereocenters. The van der Waals surface area contributed by atoms with E-state index in [0.29, 0.717) is 11.4 Å². The van der Waals surface area contributed by atoms with E-state index in [1.165, 1.54) is 6.21 Å². The van der Waals surface area contributed by atoms with Gasteiger partial charge in [-0.25, -0.2) is 5.43 Å². The molecule has 0 fully saturated rings. The second-order valence-corrected chi connectivity index (χ2v) is 7.25. The number of nitrogens with zero attached hydrogens (tertiary/aromatic N) is 1. The molecular formula is C23H20BrN3O3. The lowest BCUT2D eigenvalue weighted by atomic mass is 10.2. The van der Waals surface area contributed by atoms with Crippen molar-refractivity contribution >= 4 is 39.6 Å². The molecule has 0 aliphatic heterocycles. The molecule has 0 aliphatic carbocycles. The van der Waals surface area contributed by atoms with Crippen LogP contribution in [-0.2, 0) is 9.59 Å². The normalized spacial score (nSPS) is 10.6. The van der Waals surface area contributed by atoms with Gasteiger partial charge in [-0.05, 0) is 54.1 Å². The minimum atomic E-state index is -0.339. The molecule has 0 aliphatic rings. The van der Waals surface area contributed by atoms with Crippen LogP contribution < -0.4 is 15.5 Å². The molecule has 3 rings (SSSR count). The number of hydrazone groups is 1. The fourth-order valence-corrected chi connectivity index (χ4v) is 2.77. The SMILES string of the molecule is O=C(CCC(=O)Nc1ccc(Br)cc1)N/N=C/c1cccc(Oc2ccccc2)c1. The molecule has 0 saturated carbocycles. The lowest BCUT2D eigenvalue weighted by Gasteiger charge is -2.06. The molecule has 3 aromatic carbocycles. The van der Waals surface area contributed by atoms with E-state index in [0.717, 1.165) is 15.8 Å². The summed E-state index contributed by atoms with van der Waals surface area (Å²) in [7, 11) is 0. The number of hydrogen-bond donors (Lipinski definition) is 2. The zero-order chi connectivity index (χ0) is 21.2. The summed E-state index contributed by atoms with van der Waals surface area (Å²) >= 11 is 3.33. The van der Waals surface area contributed by atoms with Crippen molar-refractivity contribution in [3.05, 3.63) is 88.9 Å². The van der Waals surface area contributed by atoms with Gasteiger partial charge in [-0.15, -0.1) is 0 Å². The Morgan fingerprint density at radius 1 is 0.867 bits per heavy atom. The second kappa shape index (κ2) is 10.9. The Kier molecular flexibility index (Phi) is 7.74. The number of carbonyl (C=O) groups excluding carboxylic acids is 2. The third-order valence-electron chi connectivity index (χ3n) is 3.95. The number of carbonyl (C=O) groups is 2. The van der Waals surface area contributed by atoms with Crippen molar-refractivity contribution in [1.82, 2.24) is 5.43 Å². The maximum Gasteiger partial charge on any atom is 0.240 e. The number of benzene rings is 3. The van der Waals surface area contributed by atoms with Gasteiger partial charge in [0.25, 0.3) is 0 Å². The van der Waals surface area contributed by atoms with Crippen LogP contribution in [0.4, 0.5) is 5.69 Å². The minimum Gasteiger partial charge on any atom is -0.457 e. The van der Waals surface area contributed by atoms with Crippen molar-refractivity contribution < 1.29 is 14.3 Å². The van der Waals surface area contributed by atoms with E-state index in [9.17, 15) is 9.59 Å². The number of amides is 2. The first-order chi connectivity index (χ1) is 14.6. The first-order valence-electron chi connectivity index (χ1n) is 9.29. The van der Waals surface area contributed by atoms with E-state index in [-0.39, 0.29) is 24.7 Å². The number of rotatable bonds is 8. The summed E-state index contributed by atoms with van der Waals surface area (Å²) in [6.07, 6.45) is 1.63. The predicted octanol–water partition coefficient (Wildman–Crippen LogP) is 5.11. The summed E-state index contributed by atoms with van der Waals surface area (Å²) in [4.78, 5) is 23.8. The van der Waals surface area contributed by atoms with Crippen molar-refractivity contribution in [3.63, 3.8) is 0 Å². The Hall–Kier alpha value is -3.45. The van der Waals surface area contributed by atoms with Crippen LogP contribution in [-0.4, -0.2) is 18.0 Å². The van der Waals surface area contributed by atoms with Crippen molar-refractivity contribution in [2.45, 2.75) is 12.8 Å². The van der Waals surface area contributed by atoms with Gasteiger partial charge in [0.2, 0.25) is 11.8 Å². The van der Waals surface area contributed by atoms with Crippen molar-refractivity contribution in [2.75, 3.05) is 5.32 Å². The number of para-hydroxylation sites is 1. The van der Waals surface area contributed by atoms with Crippen LogP contribution in [0.15, 0.2) is 88.4 Å². The van der Waals surface area contributed by atoms with Crippen LogP contribution in [0, 0.1) is 0 Å². The molecule has 0 saturated heterocycles. The number of anilines is 1. The van der Waals surface area contributed by atoms with Gasteiger partial charge in [-0.3, -0.25) is 9.59 Å². The number of ether oxygens (including phenoxy) is 1. The first kappa shape index (κ1) is 21.3. The monoisotopic (exact) mass is 465 g/mol. The molecule has 0 spiro atoms. The highest BCUT2D eigenvalue weighted by Gasteiger charge is 2.07. The standard InChI is InChI=1S/C23H20BrN3O3/c24-18-9-11-19(12-10-18)26-22(28)13-14-23(29)27-25-16-17-5-4-8-21(15-17)30-20-6-2-1-3-7-20/h1-12,15-16H,13-14H2,(H,26,28)(H,27,29)/b25-16+. The van der Waals surface area contributed by atoms with Crippen LogP contribution in [0.5, 0.6) is 11.5 Å². The summed E-state index contributed by atoms with van der Waals surface area (Å²) < 4.78 is 6.70. The number of nitrogens with one attached hydrogen (secondary N) is 2. The summed E-state index contributed by atoms with van der Waals surface area (Å²) in [5, 5.41) is 6.68. The lowest BCUT2D eigenvalue weighted by molar-refractivity contribution is -0.124. The minimum absolute atomic E-state index is 0.0386. The average Bonchev–Trinajstić information content (AvgIpc) is 2.75. The van der Waals surface area contributed by atoms with Gasteiger partial charge in [-0.1, -0.05) is 46.3 Å². The molecule has 0 radical (unpaired) electrons. The summed E-state index contributed by atoms with van der Waals surface area (Å²) in [5.41, 5.74) is 3.89. The Bertz CT molecular complexity index is 1020. The molecule has 2 N–H and O–H groups in total. The molecule has 0 heterocycles. The molecule has 0 aromatic heterocycles.